The number of hydrogen-bond acceptors (Lipinski definition) is 2. The van der Waals surface area contributed by atoms with Crippen molar-refractivity contribution in [2.24, 2.45) is 4.99 Å². The highest BCUT2D eigenvalue weighted by Gasteiger charge is 2.24. The fraction of sp³-hybridized carbons (Fsp3) is 0.462. The van der Waals surface area contributed by atoms with E-state index in [1.807, 2.05) is 20.8 Å². The lowest BCUT2D eigenvalue weighted by atomic mass is 10.1. The molecule has 2 nitrogen and oxygen atoms in total. The van der Waals surface area contributed by atoms with Crippen LogP contribution in [0, 0.1) is 5.82 Å². The summed E-state index contributed by atoms with van der Waals surface area (Å²) in [6.45, 7) is 7.29. The molecule has 18 heavy (non-hydrogen) atoms. The molecule has 1 unspecified atom stereocenters. The first-order valence-electron chi connectivity index (χ1n) is 5.61. The molecular weight excluding hydrogens is 273 g/mol. The van der Waals surface area contributed by atoms with E-state index in [-0.39, 0.29) is 4.75 Å². The Bertz CT molecular complexity index is 425. The van der Waals surface area contributed by atoms with E-state index in [4.69, 9.17) is 11.6 Å². The topological polar surface area (TPSA) is 35.4 Å². The van der Waals surface area contributed by atoms with Gasteiger partial charge < -0.3 is 4.55 Å². The van der Waals surface area contributed by atoms with Crippen LogP contribution in [0.15, 0.2) is 23.2 Å². The molecule has 0 aliphatic rings. The summed E-state index contributed by atoms with van der Waals surface area (Å²) in [6, 6.07) is 4.05. The maximum absolute atomic E-state index is 13.6. The van der Waals surface area contributed by atoms with Crippen molar-refractivity contribution in [2.75, 3.05) is 0 Å². The third kappa shape index (κ3) is 3.97. The van der Waals surface area contributed by atoms with Gasteiger partial charge in [0.25, 0.3) is 0 Å². The van der Waals surface area contributed by atoms with Gasteiger partial charge in [0.15, 0.2) is 0 Å². The Morgan fingerprint density at radius 2 is 2.06 bits per heavy atom. The third-order valence-corrected chi connectivity index (χ3v) is 4.25. The molecule has 0 saturated heterocycles. The number of benzene rings is 1. The molecule has 1 aromatic carbocycles. The van der Waals surface area contributed by atoms with Gasteiger partial charge in [0.05, 0.1) is 6.04 Å². The number of halogens is 2. The lowest BCUT2D eigenvalue weighted by molar-refractivity contribution is 0.572. The molecule has 0 saturated carbocycles. The van der Waals surface area contributed by atoms with E-state index in [0.717, 1.165) is 0 Å². The fourth-order valence-corrected chi connectivity index (χ4v) is 2.22. The van der Waals surface area contributed by atoms with Gasteiger partial charge in [-0.3, -0.25) is 0 Å². The van der Waals surface area contributed by atoms with Gasteiger partial charge in [-0.25, -0.2) is 9.38 Å². The fourth-order valence-electron chi connectivity index (χ4n) is 1.29. The van der Waals surface area contributed by atoms with E-state index < -0.39 is 23.0 Å². The molecule has 100 valence electrons. The average Bonchev–Trinajstić information content (AvgIpc) is 2.24. The molecule has 0 aromatic heterocycles. The zero-order valence-electron chi connectivity index (χ0n) is 10.9. The zero-order valence-corrected chi connectivity index (χ0v) is 12.5. The number of hydrogen-bond donors (Lipinski definition) is 0. The molecule has 0 amide bonds. The van der Waals surface area contributed by atoms with Crippen LogP contribution in [0.2, 0.25) is 5.02 Å². The highest BCUT2D eigenvalue weighted by molar-refractivity contribution is 8.05. The van der Waals surface area contributed by atoms with E-state index >= 15 is 0 Å². The van der Waals surface area contributed by atoms with Crippen LogP contribution in [0.3, 0.4) is 0 Å². The molecule has 1 rings (SSSR count). The first-order chi connectivity index (χ1) is 8.23. The van der Waals surface area contributed by atoms with Crippen molar-refractivity contribution in [3.05, 3.63) is 34.6 Å². The Labute approximate surface area is 115 Å². The molecule has 0 spiro atoms. The predicted octanol–water partition coefficient (Wildman–Crippen LogP) is 4.12. The minimum atomic E-state index is -1.20. The molecule has 2 atom stereocenters. The monoisotopic (exact) mass is 289 g/mol. The van der Waals surface area contributed by atoms with Gasteiger partial charge in [-0.05, 0) is 39.8 Å². The van der Waals surface area contributed by atoms with Gasteiger partial charge in [-0.2, -0.15) is 0 Å². The largest absolute Gasteiger partial charge is 0.610 e. The Balaban J connectivity index is 2.89. The molecule has 0 fully saturated rings. The van der Waals surface area contributed by atoms with Crippen molar-refractivity contribution in [1.29, 1.82) is 0 Å². The highest BCUT2D eigenvalue weighted by Crippen LogP contribution is 2.28. The first-order valence-corrected chi connectivity index (χ1v) is 7.20. The van der Waals surface area contributed by atoms with Crippen LogP contribution in [0.4, 0.5) is 4.39 Å². The van der Waals surface area contributed by atoms with Crippen LogP contribution in [0.25, 0.3) is 0 Å². The van der Waals surface area contributed by atoms with Crippen molar-refractivity contribution < 1.29 is 8.94 Å². The van der Waals surface area contributed by atoms with E-state index in [1.54, 1.807) is 19.1 Å². The first kappa shape index (κ1) is 15.5. The summed E-state index contributed by atoms with van der Waals surface area (Å²) in [4.78, 5) is 4.13. The summed E-state index contributed by atoms with van der Waals surface area (Å²) in [5.74, 6) is -0.395. The zero-order chi connectivity index (χ0) is 13.9. The summed E-state index contributed by atoms with van der Waals surface area (Å²) in [5, 5.41) is 0.334. The molecule has 0 radical (unpaired) electrons. The van der Waals surface area contributed by atoms with Crippen molar-refractivity contribution in [3.63, 3.8) is 0 Å². The lowest BCUT2D eigenvalue weighted by Gasteiger charge is -2.20. The van der Waals surface area contributed by atoms with E-state index in [9.17, 15) is 8.94 Å². The Morgan fingerprint density at radius 3 is 2.56 bits per heavy atom. The van der Waals surface area contributed by atoms with E-state index in [1.165, 1.54) is 11.6 Å². The van der Waals surface area contributed by atoms with Gasteiger partial charge in [-0.15, -0.1) is 0 Å². The van der Waals surface area contributed by atoms with Crippen LogP contribution in [0.1, 0.15) is 39.3 Å². The number of nitrogens with zero attached hydrogens (tertiary/aromatic N) is 1. The van der Waals surface area contributed by atoms with Crippen molar-refractivity contribution in [1.82, 2.24) is 0 Å². The summed E-state index contributed by atoms with van der Waals surface area (Å²) in [6.07, 6.45) is 0. The van der Waals surface area contributed by atoms with Gasteiger partial charge in [0.1, 0.15) is 10.6 Å². The van der Waals surface area contributed by atoms with Gasteiger partial charge in [0.2, 0.25) is 5.55 Å². The standard InChI is InChI=1S/C13H17ClFNOS/c1-9(16-8-18(17)13(2,3)4)12-10(14)6-5-7-11(12)15/h5-9H,1-4H3/b16-8+/t9-,18?/m0/s1. The second-order valence-corrected chi connectivity index (χ2v) is 7.41. The molecule has 0 bridgehead atoms. The molecule has 0 heterocycles. The molecule has 0 N–H and O–H groups in total. The third-order valence-electron chi connectivity index (χ3n) is 2.40. The second-order valence-electron chi connectivity index (χ2n) is 4.98. The van der Waals surface area contributed by atoms with Gasteiger partial charge in [0, 0.05) is 21.8 Å². The average molecular weight is 290 g/mol. The van der Waals surface area contributed by atoms with Crippen LogP contribution < -0.4 is 0 Å². The predicted molar refractivity (Wildman–Crippen MR) is 76.2 cm³/mol. The molecular formula is C13H17ClFNOS. The molecule has 5 heteroatoms. The maximum Gasteiger partial charge on any atom is 0.204 e. The smallest absolute Gasteiger partial charge is 0.204 e. The van der Waals surface area contributed by atoms with Crippen molar-refractivity contribution >= 4 is 28.3 Å². The molecule has 0 aliphatic heterocycles. The quantitative estimate of drug-likeness (QED) is 0.468. The van der Waals surface area contributed by atoms with Gasteiger partial charge >= 0.3 is 0 Å². The Morgan fingerprint density at radius 1 is 1.44 bits per heavy atom. The van der Waals surface area contributed by atoms with Gasteiger partial charge in [-0.1, -0.05) is 17.7 Å². The highest BCUT2D eigenvalue weighted by atomic mass is 35.5. The van der Waals surface area contributed by atoms with E-state index in [0.29, 0.717) is 10.6 Å². The van der Waals surface area contributed by atoms with Crippen LogP contribution in [-0.2, 0) is 11.2 Å². The maximum atomic E-state index is 13.6. The van der Waals surface area contributed by atoms with Crippen LogP contribution >= 0.6 is 11.6 Å². The normalized spacial score (nSPS) is 15.9. The minimum absolute atomic E-state index is 0.334. The number of rotatable bonds is 3. The SMILES string of the molecule is C[C@H](/N=C/[S+]([O-])C(C)(C)C)c1c(F)cccc1Cl. The molecule has 0 aliphatic carbocycles. The van der Waals surface area contributed by atoms with Crippen LogP contribution in [0.5, 0.6) is 0 Å². The Hall–Kier alpha value is -0.580. The summed E-state index contributed by atoms with van der Waals surface area (Å²) < 4.78 is 25.1. The van der Waals surface area contributed by atoms with E-state index in [2.05, 4.69) is 4.99 Å². The minimum Gasteiger partial charge on any atom is -0.610 e. The second kappa shape index (κ2) is 6.04. The Kier molecular flexibility index (Phi) is 5.20. The summed E-state index contributed by atoms with van der Waals surface area (Å²) >= 11 is 4.74. The lowest BCUT2D eigenvalue weighted by Crippen LogP contribution is -2.28. The van der Waals surface area contributed by atoms with Crippen LogP contribution in [-0.4, -0.2) is 14.8 Å². The van der Waals surface area contributed by atoms with Crippen molar-refractivity contribution in [2.45, 2.75) is 38.5 Å². The molecule has 1 aromatic rings. The summed E-state index contributed by atoms with van der Waals surface area (Å²) in [7, 11) is 0. The number of aliphatic imine (C=N–C) groups is 1. The van der Waals surface area contributed by atoms with Crippen molar-refractivity contribution in [3.8, 4) is 0 Å². The summed E-state index contributed by atoms with van der Waals surface area (Å²) in [5.41, 5.74) is 1.70.